The van der Waals surface area contributed by atoms with Gasteiger partial charge in [-0.1, -0.05) is 6.92 Å². The van der Waals surface area contributed by atoms with Gasteiger partial charge in [0.25, 0.3) is 0 Å². The summed E-state index contributed by atoms with van der Waals surface area (Å²) in [7, 11) is 0. The number of alkyl halides is 3. The minimum atomic E-state index is -4.78. The van der Waals surface area contributed by atoms with Crippen LogP contribution in [0.3, 0.4) is 0 Å². The number of piperidine rings is 1. The Bertz CT molecular complexity index is 230. The summed E-state index contributed by atoms with van der Waals surface area (Å²) >= 11 is 0. The number of hydrogen-bond acceptors (Lipinski definition) is 2. The van der Waals surface area contributed by atoms with Crippen LogP contribution in [0.2, 0.25) is 0 Å². The lowest BCUT2D eigenvalue weighted by atomic mass is 9.93. The molecule has 1 amide bonds. The van der Waals surface area contributed by atoms with Gasteiger partial charge in [-0.15, -0.1) is 0 Å². The molecule has 0 radical (unpaired) electrons. The van der Waals surface area contributed by atoms with E-state index >= 15 is 0 Å². The normalized spacial score (nSPS) is 27.5. The third-order valence-corrected chi connectivity index (χ3v) is 2.67. The first-order valence-electron chi connectivity index (χ1n) is 4.99. The Morgan fingerprint density at radius 2 is 2.20 bits per heavy atom. The predicted molar refractivity (Wildman–Crippen MR) is 49.3 cm³/mol. The van der Waals surface area contributed by atoms with Crippen LogP contribution in [-0.4, -0.2) is 31.2 Å². The van der Waals surface area contributed by atoms with Crippen molar-refractivity contribution in [2.24, 2.45) is 5.92 Å². The first-order chi connectivity index (χ1) is 6.91. The molecule has 1 saturated heterocycles. The van der Waals surface area contributed by atoms with E-state index in [9.17, 15) is 18.0 Å². The summed E-state index contributed by atoms with van der Waals surface area (Å²) in [6.07, 6.45) is -2.76. The number of halogens is 3. The van der Waals surface area contributed by atoms with Gasteiger partial charge in [0, 0.05) is 12.6 Å². The second-order valence-electron chi connectivity index (χ2n) is 3.89. The summed E-state index contributed by atoms with van der Waals surface area (Å²) in [5, 5.41) is 4.99. The van der Waals surface area contributed by atoms with Crippen LogP contribution in [-0.2, 0) is 4.79 Å². The smallest absolute Gasteiger partial charge is 0.347 e. The Morgan fingerprint density at radius 1 is 1.53 bits per heavy atom. The second kappa shape index (κ2) is 4.83. The monoisotopic (exact) mass is 224 g/mol. The summed E-state index contributed by atoms with van der Waals surface area (Å²) in [5.74, 6) is -1.56. The van der Waals surface area contributed by atoms with Crippen molar-refractivity contribution in [1.29, 1.82) is 0 Å². The molecule has 2 N–H and O–H groups in total. The maximum Gasteiger partial charge on any atom is 0.471 e. The molecule has 6 heteroatoms. The van der Waals surface area contributed by atoms with Crippen molar-refractivity contribution >= 4 is 5.91 Å². The van der Waals surface area contributed by atoms with Crippen molar-refractivity contribution in [3.05, 3.63) is 0 Å². The highest BCUT2D eigenvalue weighted by atomic mass is 19.4. The maximum atomic E-state index is 11.9. The van der Waals surface area contributed by atoms with Crippen LogP contribution in [0.4, 0.5) is 13.2 Å². The van der Waals surface area contributed by atoms with E-state index in [4.69, 9.17) is 0 Å². The molecule has 0 aromatic heterocycles. The van der Waals surface area contributed by atoms with Gasteiger partial charge < -0.3 is 10.6 Å². The molecule has 15 heavy (non-hydrogen) atoms. The molecule has 0 bridgehead atoms. The molecule has 0 aliphatic carbocycles. The van der Waals surface area contributed by atoms with Gasteiger partial charge in [0.05, 0.1) is 0 Å². The van der Waals surface area contributed by atoms with Gasteiger partial charge in [0.15, 0.2) is 0 Å². The molecule has 2 unspecified atom stereocenters. The fraction of sp³-hybridized carbons (Fsp3) is 0.889. The van der Waals surface area contributed by atoms with Crippen molar-refractivity contribution in [3.63, 3.8) is 0 Å². The van der Waals surface area contributed by atoms with Crippen molar-refractivity contribution in [1.82, 2.24) is 10.6 Å². The Balaban J connectivity index is 2.33. The summed E-state index contributed by atoms with van der Waals surface area (Å²) in [6, 6.07) is -0.0509. The SMILES string of the molecule is CC1CCCNC1CNC(=O)C(F)(F)F. The van der Waals surface area contributed by atoms with Crippen molar-refractivity contribution < 1.29 is 18.0 Å². The first kappa shape index (κ1) is 12.3. The summed E-state index contributed by atoms with van der Waals surface area (Å²) < 4.78 is 35.6. The second-order valence-corrected chi connectivity index (χ2v) is 3.89. The highest BCUT2D eigenvalue weighted by Gasteiger charge is 2.38. The Hall–Kier alpha value is -0.780. The quantitative estimate of drug-likeness (QED) is 0.736. The third kappa shape index (κ3) is 3.70. The highest BCUT2D eigenvalue weighted by molar-refractivity contribution is 5.81. The van der Waals surface area contributed by atoms with Gasteiger partial charge in [-0.05, 0) is 25.3 Å². The van der Waals surface area contributed by atoms with Crippen molar-refractivity contribution in [3.8, 4) is 0 Å². The van der Waals surface area contributed by atoms with E-state index in [2.05, 4.69) is 5.32 Å². The van der Waals surface area contributed by atoms with E-state index in [1.165, 1.54) is 0 Å². The lowest BCUT2D eigenvalue weighted by molar-refractivity contribution is -0.173. The molecule has 88 valence electrons. The van der Waals surface area contributed by atoms with E-state index < -0.39 is 12.1 Å². The molecule has 0 saturated carbocycles. The summed E-state index contributed by atoms with van der Waals surface area (Å²) in [5.41, 5.74) is 0. The Morgan fingerprint density at radius 3 is 2.73 bits per heavy atom. The van der Waals surface area contributed by atoms with Crippen LogP contribution >= 0.6 is 0 Å². The van der Waals surface area contributed by atoms with Crippen molar-refractivity contribution in [2.45, 2.75) is 32.0 Å². The number of nitrogens with one attached hydrogen (secondary N) is 2. The molecule has 0 spiro atoms. The largest absolute Gasteiger partial charge is 0.471 e. The van der Waals surface area contributed by atoms with Gasteiger partial charge in [-0.2, -0.15) is 13.2 Å². The summed E-state index contributed by atoms with van der Waals surface area (Å²) in [6.45, 7) is 2.81. The minimum Gasteiger partial charge on any atom is -0.347 e. The van der Waals surface area contributed by atoms with Gasteiger partial charge >= 0.3 is 12.1 Å². The standard InChI is InChI=1S/C9H15F3N2O/c1-6-3-2-4-13-7(6)5-14-8(15)9(10,11)12/h6-7,13H,2-5H2,1H3,(H,14,15). The number of rotatable bonds is 2. The van der Waals surface area contributed by atoms with Gasteiger partial charge in [-0.3, -0.25) is 4.79 Å². The van der Waals surface area contributed by atoms with E-state index in [-0.39, 0.29) is 12.6 Å². The van der Waals surface area contributed by atoms with Crippen LogP contribution in [0, 0.1) is 5.92 Å². The van der Waals surface area contributed by atoms with Crippen LogP contribution in [0.5, 0.6) is 0 Å². The topological polar surface area (TPSA) is 41.1 Å². The first-order valence-corrected chi connectivity index (χ1v) is 4.99. The molecule has 1 aliphatic heterocycles. The van der Waals surface area contributed by atoms with Crippen LogP contribution < -0.4 is 10.6 Å². The summed E-state index contributed by atoms with van der Waals surface area (Å²) in [4.78, 5) is 10.6. The number of carbonyl (C=O) groups is 1. The number of amides is 1. The zero-order valence-electron chi connectivity index (χ0n) is 8.53. The molecule has 1 rings (SSSR count). The van der Waals surface area contributed by atoms with Crippen LogP contribution in [0.1, 0.15) is 19.8 Å². The lowest BCUT2D eigenvalue weighted by Gasteiger charge is -2.30. The molecular formula is C9H15F3N2O. The predicted octanol–water partition coefficient (Wildman–Crippen LogP) is 1.05. The molecule has 2 atom stereocenters. The Kier molecular flexibility index (Phi) is 3.96. The van der Waals surface area contributed by atoms with Crippen molar-refractivity contribution in [2.75, 3.05) is 13.1 Å². The van der Waals surface area contributed by atoms with Gasteiger partial charge in [-0.25, -0.2) is 0 Å². The van der Waals surface area contributed by atoms with Crippen LogP contribution in [0.25, 0.3) is 0 Å². The molecule has 1 fully saturated rings. The maximum absolute atomic E-state index is 11.9. The number of hydrogen-bond donors (Lipinski definition) is 2. The molecule has 3 nitrogen and oxygen atoms in total. The molecular weight excluding hydrogens is 209 g/mol. The zero-order valence-corrected chi connectivity index (χ0v) is 8.53. The minimum absolute atomic E-state index is 0.0412. The van der Waals surface area contributed by atoms with E-state index in [0.29, 0.717) is 5.92 Å². The lowest BCUT2D eigenvalue weighted by Crippen LogP contribution is -2.50. The molecule has 1 aliphatic rings. The number of carbonyl (C=O) groups excluding carboxylic acids is 1. The average molecular weight is 224 g/mol. The Labute approximate surface area is 86.4 Å². The average Bonchev–Trinajstić information content (AvgIpc) is 2.14. The van der Waals surface area contributed by atoms with E-state index in [1.54, 1.807) is 0 Å². The van der Waals surface area contributed by atoms with E-state index in [1.807, 2.05) is 12.2 Å². The highest BCUT2D eigenvalue weighted by Crippen LogP contribution is 2.16. The van der Waals surface area contributed by atoms with Crippen LogP contribution in [0.15, 0.2) is 0 Å². The molecule has 0 aromatic carbocycles. The fourth-order valence-corrected chi connectivity index (χ4v) is 1.69. The van der Waals surface area contributed by atoms with Gasteiger partial charge in [0.2, 0.25) is 0 Å². The van der Waals surface area contributed by atoms with Gasteiger partial charge in [0.1, 0.15) is 0 Å². The zero-order chi connectivity index (χ0) is 11.5. The van der Waals surface area contributed by atoms with E-state index in [0.717, 1.165) is 19.4 Å². The molecule has 0 aromatic rings. The third-order valence-electron chi connectivity index (χ3n) is 2.67. The molecule has 1 heterocycles. The fourth-order valence-electron chi connectivity index (χ4n) is 1.69.